The van der Waals surface area contributed by atoms with E-state index in [1.54, 1.807) is 4.90 Å². The van der Waals surface area contributed by atoms with E-state index in [1.165, 1.54) is 15.5 Å². The van der Waals surface area contributed by atoms with Crippen LogP contribution in [0.5, 0.6) is 0 Å². The molecule has 0 bridgehead atoms. The number of nitrogen functional groups attached to an aromatic ring is 1. The van der Waals surface area contributed by atoms with Gasteiger partial charge in [0.15, 0.2) is 23.0 Å². The number of nitrogens with zero attached hydrogens (tertiary/aromatic N) is 8. The number of piperidine rings is 1. The van der Waals surface area contributed by atoms with Gasteiger partial charge in [-0.15, -0.1) is 10.2 Å². The molecule has 2 fully saturated rings. The van der Waals surface area contributed by atoms with Gasteiger partial charge in [0.1, 0.15) is 17.4 Å². The monoisotopic (exact) mass is 469 g/mol. The molecule has 0 saturated carbocycles. The Morgan fingerprint density at radius 1 is 1.18 bits per heavy atom. The minimum Gasteiger partial charge on any atom is -0.377 e. The summed E-state index contributed by atoms with van der Waals surface area (Å²) in [6.45, 7) is 3.41. The third-order valence-corrected chi connectivity index (χ3v) is 6.52. The molecule has 5 heterocycles. The molecule has 34 heavy (non-hydrogen) atoms. The molecule has 4 aromatic rings. The lowest BCUT2D eigenvalue weighted by molar-refractivity contribution is -0.0349. The Morgan fingerprint density at radius 2 is 2.00 bits per heavy atom. The minimum absolute atomic E-state index is 0.00581. The largest absolute Gasteiger partial charge is 0.377 e. The lowest BCUT2D eigenvalue weighted by Gasteiger charge is -2.36. The molecule has 0 aliphatic carbocycles. The van der Waals surface area contributed by atoms with Gasteiger partial charge in [-0.1, -0.05) is 0 Å². The van der Waals surface area contributed by atoms with Crippen molar-refractivity contribution in [3.63, 3.8) is 0 Å². The summed E-state index contributed by atoms with van der Waals surface area (Å²) in [5.41, 5.74) is 6.41. The van der Waals surface area contributed by atoms with Gasteiger partial charge in [-0.25, -0.2) is 18.7 Å². The zero-order valence-corrected chi connectivity index (χ0v) is 18.2. The van der Waals surface area contributed by atoms with Crippen LogP contribution in [0.1, 0.15) is 48.0 Å². The van der Waals surface area contributed by atoms with Crippen LogP contribution in [0.2, 0.25) is 0 Å². The molecule has 0 radical (unpaired) electrons. The van der Waals surface area contributed by atoms with Crippen molar-refractivity contribution in [3.8, 4) is 0 Å². The number of nitrogens with two attached hydrogens (primary N) is 1. The zero-order chi connectivity index (χ0) is 23.6. The zero-order valence-electron chi connectivity index (χ0n) is 18.2. The number of rotatable bonds is 3. The molecular formula is C21H21F2N9O2. The number of amides is 1. The Kier molecular flexibility index (Phi) is 4.69. The lowest BCUT2D eigenvalue weighted by atomic mass is 9.92. The number of carbonyl (C=O) groups is 1. The highest BCUT2D eigenvalue weighted by molar-refractivity contribution is 5.93. The van der Waals surface area contributed by atoms with E-state index < -0.39 is 11.6 Å². The first kappa shape index (κ1) is 20.8. The summed E-state index contributed by atoms with van der Waals surface area (Å²) in [7, 11) is 0. The summed E-state index contributed by atoms with van der Waals surface area (Å²) in [5.74, 6) is -1.59. The van der Waals surface area contributed by atoms with Crippen molar-refractivity contribution in [1.29, 1.82) is 0 Å². The second-order valence-corrected chi connectivity index (χ2v) is 8.78. The predicted octanol–water partition coefficient (Wildman–Crippen LogP) is 1.71. The van der Waals surface area contributed by atoms with Crippen LogP contribution < -0.4 is 5.73 Å². The lowest BCUT2D eigenvalue weighted by Crippen LogP contribution is -2.45. The molecule has 6 rings (SSSR count). The number of likely N-dealkylation sites (tertiary alicyclic amines) is 1. The van der Waals surface area contributed by atoms with Crippen LogP contribution in [0.15, 0.2) is 18.3 Å². The van der Waals surface area contributed by atoms with E-state index in [9.17, 15) is 13.6 Å². The van der Waals surface area contributed by atoms with Crippen LogP contribution in [-0.2, 0) is 4.74 Å². The fraction of sp³-hybridized carbons (Fsp3) is 0.429. The highest BCUT2D eigenvalue weighted by Gasteiger charge is 2.34. The molecule has 0 unspecified atom stereocenters. The molecule has 0 spiro atoms. The summed E-state index contributed by atoms with van der Waals surface area (Å²) in [6.07, 6.45) is 2.94. The number of fused-ring (bicyclic) bond motifs is 3. The van der Waals surface area contributed by atoms with Gasteiger partial charge in [0, 0.05) is 24.6 Å². The molecule has 11 nitrogen and oxygen atoms in total. The van der Waals surface area contributed by atoms with E-state index >= 15 is 0 Å². The number of ether oxygens (including phenoxy) is 1. The van der Waals surface area contributed by atoms with Gasteiger partial charge in [0.05, 0.1) is 24.8 Å². The third-order valence-electron chi connectivity index (χ3n) is 6.52. The molecule has 2 aliphatic heterocycles. The van der Waals surface area contributed by atoms with E-state index in [4.69, 9.17) is 10.5 Å². The average Bonchev–Trinajstić information content (AvgIpc) is 3.42. The number of hydrogen-bond donors (Lipinski definition) is 1. The smallest absolute Gasteiger partial charge is 0.276 e. The van der Waals surface area contributed by atoms with Gasteiger partial charge < -0.3 is 15.4 Å². The minimum atomic E-state index is -0.821. The number of anilines is 1. The highest BCUT2D eigenvalue weighted by Crippen LogP contribution is 2.31. The maximum absolute atomic E-state index is 14.3. The second-order valence-electron chi connectivity index (χ2n) is 8.78. The normalized spacial score (nSPS) is 21.3. The van der Waals surface area contributed by atoms with Gasteiger partial charge >= 0.3 is 0 Å². The first-order chi connectivity index (χ1) is 16.4. The maximum Gasteiger partial charge on any atom is 0.276 e. The standard InChI is InChI=1S/C21H21F2N9O2/c1-10-2-3-11(7-30(10)20(33)16-6-25-32(28-16)13-8-34-9-13)18-27-19-14-4-12(22)5-15(23)17(14)26-21(24)31(19)29-18/h4-6,10-11,13H,2-3,7-9H2,1H3,(H2,24,26)/t10-,11+/m0/s1. The van der Waals surface area contributed by atoms with E-state index in [0.29, 0.717) is 25.6 Å². The Balaban J connectivity index is 1.32. The van der Waals surface area contributed by atoms with Crippen molar-refractivity contribution in [3.05, 3.63) is 41.5 Å². The summed E-state index contributed by atoms with van der Waals surface area (Å²) in [5, 5.41) is 13.2. The average molecular weight is 469 g/mol. The SMILES string of the molecule is C[C@H]1CC[C@@H](c2nc3c4cc(F)cc(F)c4nc(N)n3n2)CN1C(=O)c1cnn(C2COC2)n1. The predicted molar refractivity (Wildman–Crippen MR) is 115 cm³/mol. The highest BCUT2D eigenvalue weighted by atomic mass is 19.1. The Hall–Kier alpha value is -3.74. The van der Waals surface area contributed by atoms with E-state index in [2.05, 4.69) is 25.3 Å². The van der Waals surface area contributed by atoms with Gasteiger partial charge in [-0.2, -0.15) is 14.4 Å². The molecule has 13 heteroatoms. The first-order valence-corrected chi connectivity index (χ1v) is 11.0. The summed E-state index contributed by atoms with van der Waals surface area (Å²) < 4.78 is 34.6. The molecular weight excluding hydrogens is 448 g/mol. The summed E-state index contributed by atoms with van der Waals surface area (Å²) in [6, 6.07) is 1.96. The molecule has 2 saturated heterocycles. The number of carbonyl (C=O) groups excluding carboxylic acids is 1. The van der Waals surface area contributed by atoms with Crippen molar-refractivity contribution >= 4 is 28.4 Å². The van der Waals surface area contributed by atoms with Crippen molar-refractivity contribution in [2.24, 2.45) is 0 Å². The second kappa shape index (κ2) is 7.65. The topological polar surface area (TPSA) is 129 Å². The van der Waals surface area contributed by atoms with Crippen molar-refractivity contribution in [2.75, 3.05) is 25.5 Å². The van der Waals surface area contributed by atoms with Gasteiger partial charge in [-0.05, 0) is 25.8 Å². The van der Waals surface area contributed by atoms with Gasteiger partial charge in [0.25, 0.3) is 5.91 Å². The summed E-state index contributed by atoms with van der Waals surface area (Å²) >= 11 is 0. The number of aromatic nitrogens is 7. The molecule has 1 aromatic carbocycles. The molecule has 2 aliphatic rings. The fourth-order valence-electron chi connectivity index (χ4n) is 4.50. The van der Waals surface area contributed by atoms with Crippen molar-refractivity contribution in [1.82, 2.24) is 39.5 Å². The van der Waals surface area contributed by atoms with E-state index in [0.717, 1.165) is 25.0 Å². The van der Waals surface area contributed by atoms with Crippen LogP contribution in [0.4, 0.5) is 14.7 Å². The Bertz CT molecular complexity index is 1430. The van der Waals surface area contributed by atoms with Gasteiger partial charge in [-0.3, -0.25) is 4.79 Å². The molecule has 2 atom stereocenters. The fourth-order valence-corrected chi connectivity index (χ4v) is 4.50. The van der Waals surface area contributed by atoms with E-state index in [-0.39, 0.29) is 52.1 Å². The quantitative estimate of drug-likeness (QED) is 0.480. The van der Waals surface area contributed by atoms with Crippen LogP contribution in [0, 0.1) is 11.6 Å². The van der Waals surface area contributed by atoms with Crippen molar-refractivity contribution in [2.45, 2.75) is 37.8 Å². The molecule has 1 amide bonds. The van der Waals surface area contributed by atoms with Crippen LogP contribution in [0.25, 0.3) is 16.6 Å². The summed E-state index contributed by atoms with van der Waals surface area (Å²) in [4.78, 5) is 25.1. The third kappa shape index (κ3) is 3.26. The van der Waals surface area contributed by atoms with E-state index in [1.807, 2.05) is 6.92 Å². The van der Waals surface area contributed by atoms with Crippen LogP contribution in [-0.4, -0.2) is 71.2 Å². The van der Waals surface area contributed by atoms with Gasteiger partial charge in [0.2, 0.25) is 5.95 Å². The number of halogens is 2. The number of hydrogen-bond acceptors (Lipinski definition) is 8. The molecule has 2 N–H and O–H groups in total. The molecule has 176 valence electrons. The van der Waals surface area contributed by atoms with Crippen molar-refractivity contribution < 1.29 is 18.3 Å². The van der Waals surface area contributed by atoms with Crippen LogP contribution >= 0.6 is 0 Å². The maximum atomic E-state index is 14.3. The molecule has 3 aromatic heterocycles. The Labute approximate surface area is 191 Å². The number of benzene rings is 1. The Morgan fingerprint density at radius 3 is 2.76 bits per heavy atom. The van der Waals surface area contributed by atoms with Crippen LogP contribution in [0.3, 0.4) is 0 Å². The first-order valence-electron chi connectivity index (χ1n) is 11.0.